The molecule has 0 aromatic heterocycles. The Kier molecular flexibility index (Phi) is 9.56. The Morgan fingerprint density at radius 3 is 2.16 bits per heavy atom. The summed E-state index contributed by atoms with van der Waals surface area (Å²) in [6.07, 6.45) is 1.01. The zero-order valence-electron chi connectivity index (χ0n) is 33.5. The van der Waals surface area contributed by atoms with Gasteiger partial charge in [-0.05, 0) is 71.1 Å². The van der Waals surface area contributed by atoms with Gasteiger partial charge in [0, 0.05) is 55.3 Å². The zero-order chi connectivity index (χ0) is 40.5. The number of ether oxygens (including phenoxy) is 2. The second kappa shape index (κ2) is 14.5. The molecule has 58 heavy (non-hydrogen) atoms. The van der Waals surface area contributed by atoms with E-state index in [0.717, 1.165) is 44.7 Å². The molecule has 300 valence electrons. The smallest absolute Gasteiger partial charge is 0.264 e. The van der Waals surface area contributed by atoms with Gasteiger partial charge < -0.3 is 34.2 Å². The molecule has 5 atom stereocenters. The van der Waals surface area contributed by atoms with E-state index in [4.69, 9.17) is 9.47 Å². The van der Waals surface area contributed by atoms with Gasteiger partial charge in [-0.25, -0.2) is 0 Å². The highest BCUT2D eigenvalue weighted by atomic mass is 28.3. The molecule has 0 bridgehead atoms. The molecule has 1 spiro atoms. The number of benzene rings is 4. The van der Waals surface area contributed by atoms with Gasteiger partial charge in [-0.3, -0.25) is 19.2 Å². The van der Waals surface area contributed by atoms with Crippen LogP contribution >= 0.6 is 0 Å². The number of amides is 4. The first-order chi connectivity index (χ1) is 27.9. The molecule has 4 aromatic carbocycles. The number of β-lactam (4-membered cyclic amide) rings is 2. The van der Waals surface area contributed by atoms with Crippen LogP contribution < -0.4 is 24.6 Å². The summed E-state index contributed by atoms with van der Waals surface area (Å²) in [5, 5.41) is 11.7. The molecule has 4 aromatic rings. The van der Waals surface area contributed by atoms with Gasteiger partial charge in [-0.1, -0.05) is 73.7 Å². The predicted octanol–water partition coefficient (Wildman–Crippen LogP) is 5.27. The van der Waals surface area contributed by atoms with Crippen LogP contribution in [0.2, 0.25) is 18.6 Å². The fraction of sp³-hybridized carbons (Fsp3) is 0.391. The number of hydrogen-bond donors (Lipinski definition) is 1. The maximum atomic E-state index is 15.5. The minimum atomic E-state index is -2.58. The molecule has 5 aliphatic rings. The molecule has 0 unspecified atom stereocenters. The summed E-state index contributed by atoms with van der Waals surface area (Å²) < 4.78 is 12.9. The van der Waals surface area contributed by atoms with Crippen molar-refractivity contribution in [3.63, 3.8) is 0 Å². The van der Waals surface area contributed by atoms with Gasteiger partial charge in [0.15, 0.2) is 5.60 Å². The molecule has 5 heterocycles. The van der Waals surface area contributed by atoms with Crippen LogP contribution in [0.25, 0.3) is 0 Å². The van der Waals surface area contributed by atoms with E-state index in [-0.39, 0.29) is 60.7 Å². The number of anilines is 3. The summed E-state index contributed by atoms with van der Waals surface area (Å²) in [5.74, 6) is 0.221. The fourth-order valence-corrected chi connectivity index (χ4v) is 14.3. The molecule has 0 aliphatic carbocycles. The molecule has 5 aliphatic heterocycles. The van der Waals surface area contributed by atoms with Crippen molar-refractivity contribution in [1.82, 2.24) is 4.90 Å². The molecule has 12 heteroatoms. The molecule has 3 saturated heterocycles. The van der Waals surface area contributed by atoms with Gasteiger partial charge in [0.2, 0.25) is 17.7 Å². The fourth-order valence-electron chi connectivity index (χ4n) is 10.3. The lowest BCUT2D eigenvalue weighted by atomic mass is 9.82. The van der Waals surface area contributed by atoms with Crippen LogP contribution in [0.4, 0.5) is 17.1 Å². The van der Waals surface area contributed by atoms with Crippen molar-refractivity contribution >= 4 is 54.0 Å². The molecule has 9 rings (SSSR count). The first kappa shape index (κ1) is 38.2. The maximum absolute atomic E-state index is 15.5. The average molecular weight is 799 g/mol. The first-order valence-corrected chi connectivity index (χ1v) is 23.5. The summed E-state index contributed by atoms with van der Waals surface area (Å²) in [7, 11) is -0.933. The van der Waals surface area contributed by atoms with E-state index in [1.165, 1.54) is 0 Å². The third kappa shape index (κ3) is 6.06. The summed E-state index contributed by atoms with van der Waals surface area (Å²) >= 11 is 0. The number of rotatable bonds is 10. The molecular formula is C46H50N4O7Si. The average Bonchev–Trinajstić information content (AvgIpc) is 3.65. The SMILES string of the molecule is COc1ccc([Si](C)(C)[C@H]2[C@H](CC(=O)N3Cc4ccccc4C[C@H]3CO)O[C@@]3(C(=O)N(Cc4ccc(N5CCC5=O)cc4)c4ccc(N5CCC5=O)cc43)[C@@H]2C)cc1. The van der Waals surface area contributed by atoms with E-state index >= 15 is 4.79 Å². The van der Waals surface area contributed by atoms with E-state index in [9.17, 15) is 19.5 Å². The highest BCUT2D eigenvalue weighted by molar-refractivity contribution is 6.91. The summed E-state index contributed by atoms with van der Waals surface area (Å²) in [5.41, 5.74) is 4.48. The first-order valence-electron chi connectivity index (χ1n) is 20.4. The number of aliphatic hydroxyl groups is 1. The molecular weight excluding hydrogens is 749 g/mol. The van der Waals surface area contributed by atoms with E-state index in [0.29, 0.717) is 44.5 Å². The Balaban J connectivity index is 1.12. The van der Waals surface area contributed by atoms with Crippen molar-refractivity contribution in [3.8, 4) is 5.75 Å². The van der Waals surface area contributed by atoms with Gasteiger partial charge in [-0.2, -0.15) is 0 Å². The quantitative estimate of drug-likeness (QED) is 0.172. The van der Waals surface area contributed by atoms with Crippen LogP contribution in [-0.2, 0) is 49.0 Å². The molecule has 0 saturated carbocycles. The second-order valence-electron chi connectivity index (χ2n) is 17.0. The topological polar surface area (TPSA) is 120 Å². The lowest BCUT2D eigenvalue weighted by molar-refractivity contribution is -0.151. The van der Waals surface area contributed by atoms with Crippen molar-refractivity contribution in [2.75, 3.05) is 41.5 Å². The lowest BCUT2D eigenvalue weighted by Crippen LogP contribution is -2.52. The summed E-state index contributed by atoms with van der Waals surface area (Å²) in [6.45, 7) is 8.50. The van der Waals surface area contributed by atoms with Crippen molar-refractivity contribution in [2.24, 2.45) is 5.92 Å². The molecule has 4 amide bonds. The Hall–Kier alpha value is -5.30. The van der Waals surface area contributed by atoms with Crippen LogP contribution in [0.1, 0.15) is 48.4 Å². The third-order valence-electron chi connectivity index (χ3n) is 13.7. The Bertz CT molecular complexity index is 2300. The number of carbonyl (C=O) groups is 4. The molecule has 0 radical (unpaired) electrons. The largest absolute Gasteiger partial charge is 0.497 e. The number of carbonyl (C=O) groups excluding carboxylic acids is 4. The summed E-state index contributed by atoms with van der Waals surface area (Å²) in [4.78, 5) is 62.2. The summed E-state index contributed by atoms with van der Waals surface area (Å²) in [6, 6.07) is 29.4. The van der Waals surface area contributed by atoms with E-state index in [2.05, 4.69) is 38.2 Å². The number of hydrogen-bond acceptors (Lipinski definition) is 7. The highest BCUT2D eigenvalue weighted by Crippen LogP contribution is 2.61. The van der Waals surface area contributed by atoms with Crippen LogP contribution in [0.5, 0.6) is 5.75 Å². The van der Waals surface area contributed by atoms with Crippen molar-refractivity contribution in [3.05, 3.63) is 113 Å². The highest BCUT2D eigenvalue weighted by Gasteiger charge is 2.66. The number of fused-ring (bicyclic) bond motifs is 3. The van der Waals surface area contributed by atoms with Gasteiger partial charge in [0.25, 0.3) is 5.91 Å². The van der Waals surface area contributed by atoms with Crippen LogP contribution in [0, 0.1) is 5.92 Å². The number of methoxy groups -OCH3 is 1. The minimum absolute atomic E-state index is 0.0345. The van der Waals surface area contributed by atoms with Crippen molar-refractivity contribution in [1.29, 1.82) is 0 Å². The van der Waals surface area contributed by atoms with Gasteiger partial charge in [0.1, 0.15) is 5.75 Å². The molecule has 1 N–H and O–H groups in total. The third-order valence-corrected chi connectivity index (χ3v) is 18.0. The molecule has 11 nitrogen and oxygen atoms in total. The Morgan fingerprint density at radius 2 is 1.53 bits per heavy atom. The number of nitrogens with zero attached hydrogens (tertiary/aromatic N) is 4. The van der Waals surface area contributed by atoms with Crippen LogP contribution in [-0.4, -0.2) is 80.7 Å². The monoisotopic (exact) mass is 798 g/mol. The van der Waals surface area contributed by atoms with Gasteiger partial charge in [0.05, 0.1) is 52.6 Å². The van der Waals surface area contributed by atoms with Gasteiger partial charge in [-0.15, -0.1) is 0 Å². The Morgan fingerprint density at radius 1 is 0.879 bits per heavy atom. The standard InChI is InChI=1S/C46H50N4O7Si/c1-29-44(58(3,4)37-16-14-36(56-2)15-17-37)40(25-43(54)49-27-32-8-6-5-7-31(32)23-35(49)28-51)57-46(29)38-24-34(48-22-20-42(48)53)13-18-39(38)50(45(46)55)26-30-9-11-33(12-10-30)47-21-19-41(47)52/h5-18,24,29,35,40,44,51H,19-23,25-28H2,1-4H3/t29-,35+,40+,44-,46+/m1/s1. The number of aliphatic hydroxyl groups excluding tert-OH is 1. The van der Waals surface area contributed by atoms with E-state index in [1.807, 2.05) is 72.8 Å². The van der Waals surface area contributed by atoms with E-state index in [1.54, 1.807) is 26.7 Å². The predicted molar refractivity (Wildman–Crippen MR) is 224 cm³/mol. The van der Waals surface area contributed by atoms with Crippen molar-refractivity contribution < 1.29 is 33.8 Å². The van der Waals surface area contributed by atoms with Crippen LogP contribution in [0.15, 0.2) is 91.0 Å². The van der Waals surface area contributed by atoms with Crippen molar-refractivity contribution in [2.45, 2.75) is 82.1 Å². The lowest BCUT2D eigenvalue weighted by Gasteiger charge is -2.39. The Labute approximate surface area is 340 Å². The van der Waals surface area contributed by atoms with Gasteiger partial charge >= 0.3 is 0 Å². The zero-order valence-corrected chi connectivity index (χ0v) is 34.5. The van der Waals surface area contributed by atoms with Crippen LogP contribution in [0.3, 0.4) is 0 Å². The second-order valence-corrected chi connectivity index (χ2v) is 21.7. The maximum Gasteiger partial charge on any atom is 0.264 e. The molecule has 3 fully saturated rings. The van der Waals surface area contributed by atoms with E-state index < -0.39 is 19.8 Å². The normalized spacial score (nSPS) is 25.2. The minimum Gasteiger partial charge on any atom is -0.497 e.